The number of nitriles is 1. The van der Waals surface area contributed by atoms with Gasteiger partial charge < -0.3 is 5.32 Å². The third kappa shape index (κ3) is 2.97. The number of hydrogen-bond acceptors (Lipinski definition) is 5. The largest absolute Gasteiger partial charge is 0.349 e. The van der Waals surface area contributed by atoms with Gasteiger partial charge in [0.15, 0.2) is 0 Å². The van der Waals surface area contributed by atoms with E-state index in [4.69, 9.17) is 16.9 Å². The molecule has 2 aromatic rings. The van der Waals surface area contributed by atoms with Gasteiger partial charge in [-0.15, -0.1) is 0 Å². The normalized spacial score (nSPS) is 9.68. The highest BCUT2D eigenvalue weighted by atomic mass is 35.5. The van der Waals surface area contributed by atoms with E-state index in [1.54, 1.807) is 12.1 Å². The number of hydrogen-bond donors (Lipinski definition) is 1. The number of halogens is 1. The minimum atomic E-state index is -0.549. The van der Waals surface area contributed by atoms with Crippen LogP contribution in [0.25, 0.3) is 0 Å². The summed E-state index contributed by atoms with van der Waals surface area (Å²) < 4.78 is 0. The van der Waals surface area contributed by atoms with Crippen LogP contribution in [0.1, 0.15) is 5.56 Å². The Labute approximate surface area is 113 Å². The third-order valence-electron chi connectivity index (χ3n) is 2.33. The highest BCUT2D eigenvalue weighted by Crippen LogP contribution is 2.28. The fourth-order valence-electron chi connectivity index (χ4n) is 1.46. The molecule has 0 saturated heterocycles. The molecule has 0 aliphatic heterocycles. The van der Waals surface area contributed by atoms with Crippen molar-refractivity contribution in [2.75, 3.05) is 5.32 Å². The number of nitrogens with one attached hydrogen (secondary N) is 1. The summed E-state index contributed by atoms with van der Waals surface area (Å²) in [6.45, 7) is 0. The van der Waals surface area contributed by atoms with Crippen LogP contribution >= 0.6 is 11.6 Å². The molecule has 0 amide bonds. The van der Waals surface area contributed by atoms with E-state index in [9.17, 15) is 10.1 Å². The Balaban J connectivity index is 2.37. The molecule has 1 heterocycles. The van der Waals surface area contributed by atoms with Gasteiger partial charge in [-0.2, -0.15) is 5.26 Å². The molecule has 0 radical (unpaired) electrons. The van der Waals surface area contributed by atoms with Crippen LogP contribution in [0.15, 0.2) is 36.5 Å². The molecular formula is C12H7ClN4O2. The summed E-state index contributed by atoms with van der Waals surface area (Å²) in [5, 5.41) is 22.9. The monoisotopic (exact) mass is 274 g/mol. The van der Waals surface area contributed by atoms with E-state index in [0.717, 1.165) is 0 Å². The van der Waals surface area contributed by atoms with Gasteiger partial charge in [0, 0.05) is 6.07 Å². The van der Waals surface area contributed by atoms with Crippen molar-refractivity contribution in [3.63, 3.8) is 0 Å². The molecule has 6 nitrogen and oxygen atoms in total. The van der Waals surface area contributed by atoms with Gasteiger partial charge in [0.05, 0.1) is 28.4 Å². The van der Waals surface area contributed by atoms with Crippen molar-refractivity contribution in [1.29, 1.82) is 5.26 Å². The number of aromatic nitrogens is 1. The number of nitro benzene ring substituents is 1. The average molecular weight is 275 g/mol. The van der Waals surface area contributed by atoms with Crippen LogP contribution < -0.4 is 5.32 Å². The second kappa shape index (κ2) is 5.33. The molecule has 0 atom stereocenters. The van der Waals surface area contributed by atoms with Crippen molar-refractivity contribution in [2.45, 2.75) is 0 Å². The van der Waals surface area contributed by atoms with Gasteiger partial charge in [-0.1, -0.05) is 11.6 Å². The quantitative estimate of drug-likeness (QED) is 0.527. The fourth-order valence-corrected chi connectivity index (χ4v) is 1.57. The van der Waals surface area contributed by atoms with E-state index in [0.29, 0.717) is 10.8 Å². The van der Waals surface area contributed by atoms with E-state index in [1.165, 1.54) is 24.4 Å². The first-order valence-electron chi connectivity index (χ1n) is 5.17. The number of nitrogens with zero attached hydrogens (tertiary/aromatic N) is 3. The molecule has 7 heteroatoms. The standard InChI is InChI=1S/C12H7ClN4O2/c13-12-4-2-9(7-15-12)16-10-3-1-8(6-14)5-11(10)17(18)19/h1-5,7,16H. The van der Waals surface area contributed by atoms with Crippen LogP contribution in [0.3, 0.4) is 0 Å². The maximum absolute atomic E-state index is 11.0. The molecular weight excluding hydrogens is 268 g/mol. The first-order chi connectivity index (χ1) is 9.10. The Bertz CT molecular complexity index is 664. The van der Waals surface area contributed by atoms with Gasteiger partial charge in [0.25, 0.3) is 5.69 Å². The molecule has 0 saturated carbocycles. The molecule has 0 aliphatic rings. The molecule has 94 valence electrons. The maximum atomic E-state index is 11.0. The van der Waals surface area contributed by atoms with Crippen molar-refractivity contribution in [1.82, 2.24) is 4.98 Å². The molecule has 0 unspecified atom stereocenters. The number of rotatable bonds is 3. The number of pyridine rings is 1. The lowest BCUT2D eigenvalue weighted by Crippen LogP contribution is -1.98. The molecule has 0 spiro atoms. The van der Waals surface area contributed by atoms with Crippen molar-refractivity contribution in [3.05, 3.63) is 57.4 Å². The molecule has 1 aromatic carbocycles. The van der Waals surface area contributed by atoms with E-state index in [1.807, 2.05) is 6.07 Å². The first-order valence-corrected chi connectivity index (χ1v) is 5.55. The summed E-state index contributed by atoms with van der Waals surface area (Å²) in [5.74, 6) is 0. The zero-order chi connectivity index (χ0) is 13.8. The molecule has 1 aromatic heterocycles. The molecule has 2 rings (SSSR count). The second-order valence-corrected chi connectivity index (χ2v) is 3.98. The average Bonchev–Trinajstić information content (AvgIpc) is 2.41. The summed E-state index contributed by atoms with van der Waals surface area (Å²) in [5.41, 5.74) is 0.908. The topological polar surface area (TPSA) is 91.8 Å². The summed E-state index contributed by atoms with van der Waals surface area (Å²) >= 11 is 5.65. The third-order valence-corrected chi connectivity index (χ3v) is 2.55. The lowest BCUT2D eigenvalue weighted by Gasteiger charge is -2.06. The van der Waals surface area contributed by atoms with Crippen LogP contribution in [0.2, 0.25) is 5.15 Å². The fraction of sp³-hybridized carbons (Fsp3) is 0. The van der Waals surface area contributed by atoms with E-state index in [-0.39, 0.29) is 16.9 Å². The predicted octanol–water partition coefficient (Wildman–Crippen LogP) is 3.26. The van der Waals surface area contributed by atoms with Crippen LogP contribution in [-0.2, 0) is 0 Å². The molecule has 0 aliphatic carbocycles. The van der Waals surface area contributed by atoms with Crippen molar-refractivity contribution in [3.8, 4) is 6.07 Å². The Hall–Kier alpha value is -2.65. The van der Waals surface area contributed by atoms with Gasteiger partial charge in [-0.05, 0) is 24.3 Å². The maximum Gasteiger partial charge on any atom is 0.293 e. The molecule has 19 heavy (non-hydrogen) atoms. The number of anilines is 2. The second-order valence-electron chi connectivity index (χ2n) is 3.60. The van der Waals surface area contributed by atoms with Crippen molar-refractivity contribution >= 4 is 28.7 Å². The van der Waals surface area contributed by atoms with Crippen molar-refractivity contribution < 1.29 is 4.92 Å². The molecule has 0 fully saturated rings. The Morgan fingerprint density at radius 2 is 2.16 bits per heavy atom. The predicted molar refractivity (Wildman–Crippen MR) is 70.3 cm³/mol. The van der Waals surface area contributed by atoms with Crippen LogP contribution in [0.4, 0.5) is 17.1 Å². The molecule has 1 N–H and O–H groups in total. The van der Waals surface area contributed by atoms with E-state index in [2.05, 4.69) is 10.3 Å². The van der Waals surface area contributed by atoms with Gasteiger partial charge in [0.2, 0.25) is 0 Å². The highest BCUT2D eigenvalue weighted by molar-refractivity contribution is 6.29. The first kappa shape index (κ1) is 12.8. The van der Waals surface area contributed by atoms with E-state index >= 15 is 0 Å². The summed E-state index contributed by atoms with van der Waals surface area (Å²) in [4.78, 5) is 14.3. The van der Waals surface area contributed by atoms with Gasteiger partial charge in [0.1, 0.15) is 10.8 Å². The Kier molecular flexibility index (Phi) is 3.59. The van der Waals surface area contributed by atoms with Gasteiger partial charge >= 0.3 is 0 Å². The SMILES string of the molecule is N#Cc1ccc(Nc2ccc(Cl)nc2)c([N+](=O)[O-])c1. The lowest BCUT2D eigenvalue weighted by atomic mass is 10.2. The van der Waals surface area contributed by atoms with Gasteiger partial charge in [-0.3, -0.25) is 10.1 Å². The summed E-state index contributed by atoms with van der Waals surface area (Å²) in [6.07, 6.45) is 1.46. The highest BCUT2D eigenvalue weighted by Gasteiger charge is 2.14. The van der Waals surface area contributed by atoms with Crippen LogP contribution in [-0.4, -0.2) is 9.91 Å². The Morgan fingerprint density at radius 1 is 1.37 bits per heavy atom. The smallest absolute Gasteiger partial charge is 0.293 e. The van der Waals surface area contributed by atoms with Crippen molar-refractivity contribution in [2.24, 2.45) is 0 Å². The summed E-state index contributed by atoms with van der Waals surface area (Å²) in [6, 6.07) is 9.27. The molecule has 0 bridgehead atoms. The summed E-state index contributed by atoms with van der Waals surface area (Å²) in [7, 11) is 0. The van der Waals surface area contributed by atoms with E-state index < -0.39 is 4.92 Å². The van der Waals surface area contributed by atoms with Gasteiger partial charge in [-0.25, -0.2) is 4.98 Å². The van der Waals surface area contributed by atoms with Crippen LogP contribution in [0.5, 0.6) is 0 Å². The zero-order valence-electron chi connectivity index (χ0n) is 9.50. The van der Waals surface area contributed by atoms with Crippen LogP contribution in [0, 0.1) is 21.4 Å². The lowest BCUT2D eigenvalue weighted by molar-refractivity contribution is -0.383. The minimum absolute atomic E-state index is 0.172. The number of benzene rings is 1. The minimum Gasteiger partial charge on any atom is -0.349 e. The number of nitro groups is 1. The Morgan fingerprint density at radius 3 is 2.74 bits per heavy atom. The zero-order valence-corrected chi connectivity index (χ0v) is 10.3.